The zero-order valence-electron chi connectivity index (χ0n) is 18.0. The molecule has 0 spiro atoms. The van der Waals surface area contributed by atoms with Crippen molar-refractivity contribution in [3.63, 3.8) is 0 Å². The van der Waals surface area contributed by atoms with Gasteiger partial charge in [-0.25, -0.2) is 0 Å². The summed E-state index contributed by atoms with van der Waals surface area (Å²) in [4.78, 5) is 23.9. The standard InChI is InChI=1S/C25H23F3N2O3/c1-16-8-10-18(11-9-16)22(17(2)29-24(32)25(26,27)28)33-21-14-12-19(13-15-21)23(31)30-20-6-4-3-5-7-20/h3-15,17,22H,1-2H3,(H,29,32)(H,30,31)/t17-,22-/m0/s1. The van der Waals surface area contributed by atoms with Crippen LogP contribution in [-0.2, 0) is 4.79 Å². The van der Waals surface area contributed by atoms with E-state index in [2.05, 4.69) is 5.32 Å². The molecule has 0 aliphatic carbocycles. The fourth-order valence-corrected chi connectivity index (χ4v) is 3.14. The molecule has 172 valence electrons. The van der Waals surface area contributed by atoms with Crippen molar-refractivity contribution in [2.24, 2.45) is 0 Å². The van der Waals surface area contributed by atoms with Crippen LogP contribution in [0.3, 0.4) is 0 Å². The number of aryl methyl sites for hydroxylation is 1. The molecule has 3 aromatic rings. The summed E-state index contributed by atoms with van der Waals surface area (Å²) in [6.45, 7) is 3.32. The van der Waals surface area contributed by atoms with Gasteiger partial charge in [0.15, 0.2) is 0 Å². The summed E-state index contributed by atoms with van der Waals surface area (Å²) in [5, 5.41) is 4.73. The van der Waals surface area contributed by atoms with Gasteiger partial charge in [-0.3, -0.25) is 9.59 Å². The summed E-state index contributed by atoms with van der Waals surface area (Å²) >= 11 is 0. The first-order chi connectivity index (χ1) is 15.6. The maximum Gasteiger partial charge on any atom is 0.471 e. The molecule has 5 nitrogen and oxygen atoms in total. The van der Waals surface area contributed by atoms with Crippen LogP contribution in [0.2, 0.25) is 0 Å². The minimum atomic E-state index is -5.00. The summed E-state index contributed by atoms with van der Waals surface area (Å²) in [6, 6.07) is 21.3. The van der Waals surface area contributed by atoms with Crippen molar-refractivity contribution in [1.82, 2.24) is 5.32 Å². The number of hydrogen-bond donors (Lipinski definition) is 2. The van der Waals surface area contributed by atoms with Crippen molar-refractivity contribution >= 4 is 17.5 Å². The second kappa shape index (κ2) is 10.2. The summed E-state index contributed by atoms with van der Waals surface area (Å²) in [7, 11) is 0. The highest BCUT2D eigenvalue weighted by Crippen LogP contribution is 2.27. The third kappa shape index (κ3) is 6.58. The van der Waals surface area contributed by atoms with E-state index >= 15 is 0 Å². The van der Waals surface area contributed by atoms with Gasteiger partial charge in [-0.05, 0) is 55.8 Å². The van der Waals surface area contributed by atoms with Crippen molar-refractivity contribution in [3.05, 3.63) is 95.6 Å². The molecule has 0 aliphatic rings. The Labute approximate surface area is 189 Å². The Morgan fingerprint density at radius 2 is 1.48 bits per heavy atom. The molecular weight excluding hydrogens is 433 g/mol. The van der Waals surface area contributed by atoms with Crippen LogP contribution in [0.25, 0.3) is 0 Å². The molecule has 0 saturated heterocycles. The molecule has 0 bridgehead atoms. The number of anilines is 1. The van der Waals surface area contributed by atoms with Crippen LogP contribution < -0.4 is 15.4 Å². The first kappa shape index (κ1) is 23.8. The summed E-state index contributed by atoms with van der Waals surface area (Å²) < 4.78 is 44.2. The van der Waals surface area contributed by atoms with E-state index in [1.807, 2.05) is 18.3 Å². The second-order valence-electron chi connectivity index (χ2n) is 7.55. The number of carbonyl (C=O) groups excluding carboxylic acids is 2. The molecule has 0 fully saturated rings. The molecule has 33 heavy (non-hydrogen) atoms. The maximum atomic E-state index is 12.7. The highest BCUT2D eigenvalue weighted by atomic mass is 19.4. The molecule has 0 saturated carbocycles. The first-order valence-corrected chi connectivity index (χ1v) is 10.2. The normalized spacial score (nSPS) is 13.0. The number of carbonyl (C=O) groups is 2. The average molecular weight is 456 g/mol. The average Bonchev–Trinajstić information content (AvgIpc) is 2.78. The highest BCUT2D eigenvalue weighted by Gasteiger charge is 2.40. The smallest absolute Gasteiger partial charge is 0.471 e. The van der Waals surface area contributed by atoms with Gasteiger partial charge >= 0.3 is 12.1 Å². The molecule has 8 heteroatoms. The predicted octanol–water partition coefficient (Wildman–Crippen LogP) is 5.43. The van der Waals surface area contributed by atoms with Crippen molar-refractivity contribution in [3.8, 4) is 5.75 Å². The van der Waals surface area contributed by atoms with Crippen LogP contribution in [0.15, 0.2) is 78.9 Å². The van der Waals surface area contributed by atoms with Crippen LogP contribution in [0.4, 0.5) is 18.9 Å². The fraction of sp³-hybridized carbons (Fsp3) is 0.200. The minimum Gasteiger partial charge on any atom is -0.484 e. The van der Waals surface area contributed by atoms with Gasteiger partial charge in [0.25, 0.3) is 5.91 Å². The van der Waals surface area contributed by atoms with Crippen LogP contribution in [0.1, 0.15) is 34.5 Å². The van der Waals surface area contributed by atoms with Crippen molar-refractivity contribution in [2.75, 3.05) is 5.32 Å². The Morgan fingerprint density at radius 1 is 0.879 bits per heavy atom. The number of amides is 2. The lowest BCUT2D eigenvalue weighted by Crippen LogP contribution is -2.45. The zero-order chi connectivity index (χ0) is 24.0. The number of ether oxygens (including phenoxy) is 1. The lowest BCUT2D eigenvalue weighted by molar-refractivity contribution is -0.174. The van der Waals surface area contributed by atoms with Gasteiger partial charge in [-0.15, -0.1) is 0 Å². The van der Waals surface area contributed by atoms with Gasteiger partial charge in [0, 0.05) is 11.3 Å². The molecule has 3 rings (SSSR count). The van der Waals surface area contributed by atoms with Gasteiger partial charge in [0.1, 0.15) is 11.9 Å². The van der Waals surface area contributed by atoms with Crippen LogP contribution in [-0.4, -0.2) is 24.0 Å². The first-order valence-electron chi connectivity index (χ1n) is 10.2. The summed E-state index contributed by atoms with van der Waals surface area (Å²) in [5.41, 5.74) is 2.60. The Bertz CT molecular complexity index is 1080. The quantitative estimate of drug-likeness (QED) is 0.498. The lowest BCUT2D eigenvalue weighted by Gasteiger charge is -2.27. The molecule has 0 unspecified atom stereocenters. The van der Waals surface area contributed by atoms with Crippen molar-refractivity contribution in [1.29, 1.82) is 0 Å². The molecule has 0 aliphatic heterocycles. The Morgan fingerprint density at radius 3 is 2.06 bits per heavy atom. The number of hydrogen-bond acceptors (Lipinski definition) is 3. The Hall–Kier alpha value is -3.81. The molecule has 0 radical (unpaired) electrons. The topological polar surface area (TPSA) is 67.4 Å². The molecule has 0 aromatic heterocycles. The SMILES string of the molecule is Cc1ccc([C@@H](Oc2ccc(C(=O)Nc3ccccc3)cc2)[C@H](C)NC(=O)C(F)(F)F)cc1. The third-order valence-electron chi connectivity index (χ3n) is 4.89. The van der Waals surface area contributed by atoms with E-state index in [1.54, 1.807) is 72.8 Å². The number of para-hydroxylation sites is 1. The van der Waals surface area contributed by atoms with E-state index < -0.39 is 24.2 Å². The molecule has 2 atom stereocenters. The van der Waals surface area contributed by atoms with E-state index in [-0.39, 0.29) is 5.91 Å². The van der Waals surface area contributed by atoms with Crippen LogP contribution >= 0.6 is 0 Å². The van der Waals surface area contributed by atoms with E-state index in [0.717, 1.165) is 5.56 Å². The molecule has 2 amide bonds. The third-order valence-corrected chi connectivity index (χ3v) is 4.89. The summed E-state index contributed by atoms with van der Waals surface area (Å²) in [6.07, 6.45) is -5.89. The Balaban J connectivity index is 1.77. The monoisotopic (exact) mass is 456 g/mol. The van der Waals surface area contributed by atoms with Crippen molar-refractivity contribution in [2.45, 2.75) is 32.2 Å². The minimum absolute atomic E-state index is 0.311. The maximum absolute atomic E-state index is 12.7. The van der Waals surface area contributed by atoms with Crippen LogP contribution in [0, 0.1) is 6.92 Å². The van der Waals surface area contributed by atoms with E-state index in [1.165, 1.54) is 6.92 Å². The van der Waals surface area contributed by atoms with E-state index in [4.69, 9.17) is 4.74 Å². The summed E-state index contributed by atoms with van der Waals surface area (Å²) in [5.74, 6) is -2.01. The fourth-order valence-electron chi connectivity index (χ4n) is 3.14. The Kier molecular flexibility index (Phi) is 7.37. The van der Waals surface area contributed by atoms with Gasteiger partial charge in [-0.1, -0.05) is 48.0 Å². The molecular formula is C25H23F3N2O3. The number of rotatable bonds is 7. The van der Waals surface area contributed by atoms with E-state index in [9.17, 15) is 22.8 Å². The number of alkyl halides is 3. The number of nitrogens with one attached hydrogen (secondary N) is 2. The molecule has 0 heterocycles. The van der Waals surface area contributed by atoms with E-state index in [0.29, 0.717) is 22.6 Å². The highest BCUT2D eigenvalue weighted by molar-refractivity contribution is 6.04. The zero-order valence-corrected chi connectivity index (χ0v) is 18.0. The number of halogens is 3. The lowest BCUT2D eigenvalue weighted by atomic mass is 10.0. The molecule has 3 aromatic carbocycles. The van der Waals surface area contributed by atoms with Gasteiger partial charge in [-0.2, -0.15) is 13.2 Å². The van der Waals surface area contributed by atoms with Crippen LogP contribution in [0.5, 0.6) is 5.75 Å². The van der Waals surface area contributed by atoms with Gasteiger partial charge in [0.2, 0.25) is 0 Å². The van der Waals surface area contributed by atoms with Gasteiger partial charge < -0.3 is 15.4 Å². The molecule has 2 N–H and O–H groups in total. The second-order valence-corrected chi connectivity index (χ2v) is 7.55. The predicted molar refractivity (Wildman–Crippen MR) is 119 cm³/mol. The van der Waals surface area contributed by atoms with Crippen molar-refractivity contribution < 1.29 is 27.5 Å². The largest absolute Gasteiger partial charge is 0.484 e. The number of benzene rings is 3. The van der Waals surface area contributed by atoms with Gasteiger partial charge in [0.05, 0.1) is 6.04 Å².